The Morgan fingerprint density at radius 3 is 2.44 bits per heavy atom. The number of rotatable bonds is 7. The van der Waals surface area contributed by atoms with Gasteiger partial charge in [0.1, 0.15) is 0 Å². The zero-order chi connectivity index (χ0) is 17.5. The molecule has 0 bridgehead atoms. The molecule has 3 rings (SSSR count). The molecule has 2 aromatic carbocycles. The zero-order valence-electron chi connectivity index (χ0n) is 14.3. The summed E-state index contributed by atoms with van der Waals surface area (Å²) in [5.41, 5.74) is 2.46. The van der Waals surface area contributed by atoms with Gasteiger partial charge < -0.3 is 9.84 Å². The van der Waals surface area contributed by atoms with Crippen LogP contribution in [0.5, 0.6) is 0 Å². The molecule has 0 aliphatic heterocycles. The lowest BCUT2D eigenvalue weighted by Gasteiger charge is -2.17. The van der Waals surface area contributed by atoms with E-state index in [1.54, 1.807) is 6.07 Å². The molecule has 0 aliphatic carbocycles. The van der Waals surface area contributed by atoms with E-state index in [1.165, 1.54) is 5.56 Å². The predicted octanol–water partition coefficient (Wildman–Crippen LogP) is 4.66. The molecule has 1 N–H and O–H groups in total. The van der Waals surface area contributed by atoms with Gasteiger partial charge in [0.25, 0.3) is 5.91 Å². The Kier molecular flexibility index (Phi) is 5.62. The van der Waals surface area contributed by atoms with Crippen molar-refractivity contribution in [1.29, 1.82) is 0 Å². The van der Waals surface area contributed by atoms with Crippen LogP contribution in [0.1, 0.15) is 41.7 Å². The third kappa shape index (κ3) is 4.35. The van der Waals surface area contributed by atoms with Crippen LogP contribution in [0.15, 0.2) is 71.3 Å². The van der Waals surface area contributed by atoms with Crippen LogP contribution < -0.4 is 5.32 Å². The molecule has 0 unspecified atom stereocenters. The number of nitrogens with zero attached hydrogens (tertiary/aromatic N) is 1. The van der Waals surface area contributed by atoms with Crippen molar-refractivity contribution in [3.05, 3.63) is 78.0 Å². The van der Waals surface area contributed by atoms with E-state index >= 15 is 0 Å². The van der Waals surface area contributed by atoms with E-state index in [2.05, 4.69) is 29.5 Å². The van der Waals surface area contributed by atoms with Crippen LogP contribution in [-0.2, 0) is 0 Å². The summed E-state index contributed by atoms with van der Waals surface area (Å²) in [5.74, 6) is 0.692. The molecule has 0 saturated heterocycles. The second-order valence-electron chi connectivity index (χ2n) is 6.05. The first-order chi connectivity index (χ1) is 12.3. The molecule has 0 radical (unpaired) electrons. The van der Waals surface area contributed by atoms with E-state index in [1.807, 2.05) is 48.5 Å². The lowest BCUT2D eigenvalue weighted by atomic mass is 9.94. The van der Waals surface area contributed by atoms with Gasteiger partial charge in [0.2, 0.25) is 0 Å². The van der Waals surface area contributed by atoms with Gasteiger partial charge in [-0.25, -0.2) is 0 Å². The summed E-state index contributed by atoms with van der Waals surface area (Å²) in [6.07, 6.45) is 2.09. The number of aromatic nitrogens is 1. The molecule has 3 aromatic rings. The van der Waals surface area contributed by atoms with Gasteiger partial charge in [-0.3, -0.25) is 4.79 Å². The van der Waals surface area contributed by atoms with Gasteiger partial charge in [-0.05, 0) is 12.0 Å². The summed E-state index contributed by atoms with van der Waals surface area (Å²) in [6.45, 7) is 2.74. The Balaban J connectivity index is 1.65. The fraction of sp³-hybridized carbons (Fsp3) is 0.238. The second kappa shape index (κ2) is 8.29. The molecule has 0 spiro atoms. The highest BCUT2D eigenvalue weighted by Gasteiger charge is 2.16. The quantitative estimate of drug-likeness (QED) is 0.684. The smallest absolute Gasteiger partial charge is 0.273 e. The first-order valence-corrected chi connectivity index (χ1v) is 8.63. The molecule has 1 atom stereocenters. The minimum absolute atomic E-state index is 0.206. The van der Waals surface area contributed by atoms with E-state index in [0.29, 0.717) is 23.9 Å². The third-order valence-electron chi connectivity index (χ3n) is 4.22. The van der Waals surface area contributed by atoms with Crippen LogP contribution in [0.4, 0.5) is 0 Å². The van der Waals surface area contributed by atoms with E-state index < -0.39 is 0 Å². The summed E-state index contributed by atoms with van der Waals surface area (Å²) < 4.78 is 5.30. The van der Waals surface area contributed by atoms with Crippen molar-refractivity contribution < 1.29 is 9.32 Å². The van der Waals surface area contributed by atoms with Gasteiger partial charge in [-0.2, -0.15) is 0 Å². The predicted molar refractivity (Wildman–Crippen MR) is 98.4 cm³/mol. The first kappa shape index (κ1) is 17.0. The van der Waals surface area contributed by atoms with Gasteiger partial charge in [0.15, 0.2) is 11.5 Å². The summed E-state index contributed by atoms with van der Waals surface area (Å²) in [4.78, 5) is 12.4. The molecule has 0 aliphatic rings. The summed E-state index contributed by atoms with van der Waals surface area (Å²) >= 11 is 0. The Labute approximate surface area is 147 Å². The molecular formula is C21H22N2O2. The number of hydrogen-bond acceptors (Lipinski definition) is 3. The van der Waals surface area contributed by atoms with Gasteiger partial charge in [-0.1, -0.05) is 79.2 Å². The second-order valence-corrected chi connectivity index (χ2v) is 6.05. The lowest BCUT2D eigenvalue weighted by molar-refractivity contribution is 0.0941. The monoisotopic (exact) mass is 334 g/mol. The zero-order valence-corrected chi connectivity index (χ0v) is 14.3. The fourth-order valence-corrected chi connectivity index (χ4v) is 2.89. The van der Waals surface area contributed by atoms with Crippen LogP contribution >= 0.6 is 0 Å². The molecule has 25 heavy (non-hydrogen) atoms. The van der Waals surface area contributed by atoms with Gasteiger partial charge in [-0.15, -0.1) is 0 Å². The minimum Gasteiger partial charge on any atom is -0.355 e. The van der Waals surface area contributed by atoms with Crippen LogP contribution in [0.25, 0.3) is 11.3 Å². The highest BCUT2D eigenvalue weighted by molar-refractivity contribution is 5.93. The summed E-state index contributed by atoms with van der Waals surface area (Å²) in [7, 11) is 0. The van der Waals surface area contributed by atoms with Crippen LogP contribution in [0.3, 0.4) is 0 Å². The number of amides is 1. The van der Waals surface area contributed by atoms with Crippen molar-refractivity contribution in [2.24, 2.45) is 0 Å². The van der Waals surface area contributed by atoms with Crippen molar-refractivity contribution >= 4 is 5.91 Å². The van der Waals surface area contributed by atoms with Crippen molar-refractivity contribution in [3.8, 4) is 11.3 Å². The molecule has 1 amide bonds. The van der Waals surface area contributed by atoms with E-state index in [4.69, 9.17) is 4.52 Å². The Morgan fingerprint density at radius 2 is 1.76 bits per heavy atom. The minimum atomic E-state index is -0.206. The van der Waals surface area contributed by atoms with Crippen molar-refractivity contribution in [2.45, 2.75) is 25.7 Å². The number of benzene rings is 2. The number of carbonyl (C=O) groups excluding carboxylic acids is 1. The highest BCUT2D eigenvalue weighted by Crippen LogP contribution is 2.21. The van der Waals surface area contributed by atoms with Crippen molar-refractivity contribution in [2.75, 3.05) is 6.54 Å². The average Bonchev–Trinajstić information content (AvgIpc) is 3.16. The molecule has 1 heterocycles. The molecule has 1 aromatic heterocycles. The SMILES string of the molecule is CCC[C@@H](CNC(=O)c1cc(-c2ccccc2)on1)c1ccccc1. The van der Waals surface area contributed by atoms with Gasteiger partial charge in [0.05, 0.1) is 0 Å². The molecule has 0 fully saturated rings. The molecule has 128 valence electrons. The van der Waals surface area contributed by atoms with E-state index in [-0.39, 0.29) is 5.91 Å². The Hall–Kier alpha value is -2.88. The molecule has 0 saturated carbocycles. The van der Waals surface area contributed by atoms with E-state index in [0.717, 1.165) is 18.4 Å². The number of carbonyl (C=O) groups is 1. The van der Waals surface area contributed by atoms with Crippen molar-refractivity contribution in [3.63, 3.8) is 0 Å². The average molecular weight is 334 g/mol. The number of hydrogen-bond donors (Lipinski definition) is 1. The maximum Gasteiger partial charge on any atom is 0.273 e. The Morgan fingerprint density at radius 1 is 1.08 bits per heavy atom. The summed E-state index contributed by atoms with van der Waals surface area (Å²) in [5, 5.41) is 6.89. The molecule has 4 nitrogen and oxygen atoms in total. The van der Waals surface area contributed by atoms with Crippen molar-refractivity contribution in [1.82, 2.24) is 10.5 Å². The topological polar surface area (TPSA) is 55.1 Å². The van der Waals surface area contributed by atoms with Gasteiger partial charge >= 0.3 is 0 Å². The lowest BCUT2D eigenvalue weighted by Crippen LogP contribution is -2.28. The normalized spacial score (nSPS) is 11.9. The van der Waals surface area contributed by atoms with Crippen LogP contribution in [0.2, 0.25) is 0 Å². The van der Waals surface area contributed by atoms with E-state index in [9.17, 15) is 4.79 Å². The van der Waals surface area contributed by atoms with Gasteiger partial charge in [0, 0.05) is 24.1 Å². The standard InChI is InChI=1S/C21H22N2O2/c1-2-9-18(16-10-5-3-6-11-16)15-22-21(24)19-14-20(25-23-19)17-12-7-4-8-13-17/h3-8,10-14,18H,2,9,15H2,1H3,(H,22,24)/t18-/m0/s1. The third-order valence-corrected chi connectivity index (χ3v) is 4.22. The maximum atomic E-state index is 12.4. The van der Waals surface area contributed by atoms with Crippen LogP contribution in [0, 0.1) is 0 Å². The largest absolute Gasteiger partial charge is 0.355 e. The maximum absolute atomic E-state index is 12.4. The fourth-order valence-electron chi connectivity index (χ4n) is 2.89. The van der Waals surface area contributed by atoms with Crippen LogP contribution in [-0.4, -0.2) is 17.6 Å². The molecule has 4 heteroatoms. The highest BCUT2D eigenvalue weighted by atomic mass is 16.5. The first-order valence-electron chi connectivity index (χ1n) is 8.63. The number of nitrogens with one attached hydrogen (secondary N) is 1. The molecular weight excluding hydrogens is 312 g/mol. The summed E-state index contributed by atoms with van der Waals surface area (Å²) in [6, 6.07) is 21.6. The Bertz CT molecular complexity index is 797.